The van der Waals surface area contributed by atoms with Crippen LogP contribution in [0.15, 0.2) is 46.9 Å². The topological polar surface area (TPSA) is 130 Å². The van der Waals surface area contributed by atoms with E-state index in [9.17, 15) is 19.2 Å². The molecule has 2 heterocycles. The number of rotatable bonds is 12. The molecule has 0 unspecified atom stereocenters. The number of nitrogens with zero attached hydrogens (tertiary/aromatic N) is 4. The van der Waals surface area contributed by atoms with Crippen LogP contribution in [0.4, 0.5) is 15.3 Å². The quantitative estimate of drug-likeness (QED) is 0.225. The minimum atomic E-state index is -1.13. The molecule has 5 rings (SSSR count). The molecular formula is C42H60BrN5O8. The highest BCUT2D eigenvalue weighted by Gasteiger charge is 2.39. The number of alkyl carbamates (subject to hydrolysis) is 1. The zero-order chi connectivity index (χ0) is 40.8. The number of piperidine rings is 1. The molecule has 2 aromatic carbocycles. The molecular weight excluding hydrogens is 782 g/mol. The minimum Gasteiger partial charge on any atom is -0.491 e. The molecule has 1 atom stereocenters. The number of halogens is 1. The van der Waals surface area contributed by atoms with E-state index in [2.05, 4.69) is 26.1 Å². The second kappa shape index (κ2) is 17.9. The third kappa shape index (κ3) is 12.4. The van der Waals surface area contributed by atoms with Gasteiger partial charge in [-0.05, 0) is 127 Å². The van der Waals surface area contributed by atoms with Crippen LogP contribution in [-0.4, -0.2) is 114 Å². The van der Waals surface area contributed by atoms with Crippen LogP contribution >= 0.6 is 15.9 Å². The average Bonchev–Trinajstić information content (AvgIpc) is 3.97. The van der Waals surface area contributed by atoms with Crippen molar-refractivity contribution in [3.05, 3.63) is 52.5 Å². The van der Waals surface area contributed by atoms with Crippen molar-refractivity contribution in [1.82, 2.24) is 20.0 Å². The van der Waals surface area contributed by atoms with Gasteiger partial charge < -0.3 is 43.9 Å². The summed E-state index contributed by atoms with van der Waals surface area (Å²) in [5.74, 6) is 1.09. The largest absolute Gasteiger partial charge is 0.491 e. The Morgan fingerprint density at radius 2 is 1.52 bits per heavy atom. The van der Waals surface area contributed by atoms with Gasteiger partial charge in [0, 0.05) is 63.6 Å². The number of nitrogens with one attached hydrogen (secondary N) is 1. The summed E-state index contributed by atoms with van der Waals surface area (Å²) >= 11 is 3.57. The fraction of sp³-hybridized carbons (Fsp3) is 0.619. The molecule has 2 saturated heterocycles. The van der Waals surface area contributed by atoms with Crippen LogP contribution in [0.25, 0.3) is 0 Å². The fourth-order valence-electron chi connectivity index (χ4n) is 6.88. The van der Waals surface area contributed by atoms with Crippen LogP contribution in [-0.2, 0) is 25.6 Å². The van der Waals surface area contributed by atoms with Crippen molar-refractivity contribution in [1.29, 1.82) is 0 Å². The predicted molar refractivity (Wildman–Crippen MR) is 218 cm³/mol. The third-order valence-electron chi connectivity index (χ3n) is 9.71. The average molecular weight is 843 g/mol. The molecule has 2 aliphatic heterocycles. The molecule has 1 saturated carbocycles. The van der Waals surface area contributed by atoms with Crippen molar-refractivity contribution in [3.8, 4) is 11.5 Å². The third-order valence-corrected chi connectivity index (χ3v) is 10.4. The van der Waals surface area contributed by atoms with E-state index in [1.165, 1.54) is 0 Å². The Hall–Kier alpha value is -4.20. The molecule has 4 amide bonds. The second-order valence-electron chi connectivity index (χ2n) is 17.4. The monoisotopic (exact) mass is 841 g/mol. The summed E-state index contributed by atoms with van der Waals surface area (Å²) in [5.41, 5.74) is -0.363. The smallest absolute Gasteiger partial charge is 0.410 e. The zero-order valence-electron chi connectivity index (χ0n) is 34.3. The number of ether oxygens (including phenoxy) is 4. The van der Waals surface area contributed by atoms with E-state index in [1.54, 1.807) is 23.6 Å². The van der Waals surface area contributed by atoms with Gasteiger partial charge in [-0.25, -0.2) is 9.59 Å². The number of anilines is 1. The Kier molecular flexibility index (Phi) is 13.8. The molecule has 13 nitrogen and oxygen atoms in total. The summed E-state index contributed by atoms with van der Waals surface area (Å²) in [5, 5.41) is 2.71. The molecule has 56 heavy (non-hydrogen) atoms. The highest BCUT2D eigenvalue weighted by Crippen LogP contribution is 2.35. The summed E-state index contributed by atoms with van der Waals surface area (Å²) < 4.78 is 23.9. The first-order chi connectivity index (χ1) is 26.3. The maximum Gasteiger partial charge on any atom is 0.410 e. The maximum absolute atomic E-state index is 14.2. The van der Waals surface area contributed by atoms with Gasteiger partial charge in [0.1, 0.15) is 29.3 Å². The number of hydrogen-bond acceptors (Lipinski definition) is 9. The molecule has 0 radical (unpaired) electrons. The van der Waals surface area contributed by atoms with Crippen molar-refractivity contribution >= 4 is 45.6 Å². The fourth-order valence-corrected chi connectivity index (χ4v) is 7.25. The minimum absolute atomic E-state index is 0.143. The van der Waals surface area contributed by atoms with E-state index in [4.69, 9.17) is 18.9 Å². The summed E-state index contributed by atoms with van der Waals surface area (Å²) in [7, 11) is 0. The van der Waals surface area contributed by atoms with Gasteiger partial charge in [0.15, 0.2) is 5.60 Å². The molecule has 2 aromatic rings. The van der Waals surface area contributed by atoms with Crippen LogP contribution in [0.3, 0.4) is 0 Å². The summed E-state index contributed by atoms with van der Waals surface area (Å²) in [4.78, 5) is 60.0. The first-order valence-corrected chi connectivity index (χ1v) is 20.6. The Morgan fingerprint density at radius 3 is 2.18 bits per heavy atom. The van der Waals surface area contributed by atoms with Gasteiger partial charge in [-0.1, -0.05) is 12.1 Å². The molecule has 0 aromatic heterocycles. The van der Waals surface area contributed by atoms with Crippen molar-refractivity contribution < 1.29 is 38.1 Å². The Morgan fingerprint density at radius 1 is 0.839 bits per heavy atom. The first-order valence-electron chi connectivity index (χ1n) is 19.8. The van der Waals surface area contributed by atoms with Crippen LogP contribution in [0.2, 0.25) is 0 Å². The Bertz CT molecular complexity index is 1710. The number of hydrogen-bond donors (Lipinski definition) is 1. The van der Waals surface area contributed by atoms with Gasteiger partial charge in [0.25, 0.3) is 5.91 Å². The first kappa shape index (κ1) is 42.9. The second-order valence-corrected chi connectivity index (χ2v) is 18.2. The lowest BCUT2D eigenvalue weighted by Gasteiger charge is -2.39. The van der Waals surface area contributed by atoms with E-state index in [0.29, 0.717) is 50.8 Å². The molecule has 308 valence electrons. The normalized spacial score (nSPS) is 17.9. The number of benzene rings is 2. The van der Waals surface area contributed by atoms with Gasteiger partial charge in [0.2, 0.25) is 5.91 Å². The summed E-state index contributed by atoms with van der Waals surface area (Å²) in [6, 6.07) is 13.9. The van der Waals surface area contributed by atoms with Crippen LogP contribution in [0, 0.1) is 5.92 Å². The lowest BCUT2D eigenvalue weighted by molar-refractivity contribution is -0.147. The predicted octanol–water partition coefficient (Wildman–Crippen LogP) is 7.00. The van der Waals surface area contributed by atoms with E-state index in [0.717, 1.165) is 48.0 Å². The van der Waals surface area contributed by atoms with Crippen LogP contribution < -0.4 is 19.7 Å². The van der Waals surface area contributed by atoms with Gasteiger partial charge in [-0.2, -0.15) is 0 Å². The van der Waals surface area contributed by atoms with Gasteiger partial charge in [0.05, 0.1) is 16.9 Å². The lowest BCUT2D eigenvalue weighted by atomic mass is 9.95. The number of piperazine rings is 1. The van der Waals surface area contributed by atoms with Gasteiger partial charge >= 0.3 is 12.2 Å². The van der Waals surface area contributed by atoms with E-state index < -0.39 is 22.9 Å². The van der Waals surface area contributed by atoms with Crippen molar-refractivity contribution in [2.45, 2.75) is 110 Å². The number of amides is 4. The Labute approximate surface area is 340 Å². The van der Waals surface area contributed by atoms with E-state index >= 15 is 0 Å². The highest BCUT2D eigenvalue weighted by molar-refractivity contribution is 9.10. The molecule has 0 bridgehead atoms. The van der Waals surface area contributed by atoms with E-state index in [1.807, 2.05) is 88.9 Å². The highest BCUT2D eigenvalue weighted by atomic mass is 79.9. The molecule has 1 N–H and O–H groups in total. The molecule has 14 heteroatoms. The van der Waals surface area contributed by atoms with Crippen molar-refractivity contribution in [2.24, 2.45) is 5.92 Å². The molecule has 3 aliphatic rings. The standard InChI is InChI=1S/C42H60BrN5O8/c1-40(2,3)55-38(51)44-18-24-53-35-25-29(14-17-34(35)43)27-48(31-15-16-31)36(49)30-11-10-19-47(28-30)32-12-9-13-33(26-32)54-42(7,8)37(50)45-20-22-46(23-21-45)39(52)56-41(4,5)6/h9,12-14,17,25-26,30-31H,10-11,15-16,18-24,27-28H2,1-8H3,(H,44,51)/t30-/m1/s1. The zero-order valence-corrected chi connectivity index (χ0v) is 35.9. The molecule has 0 spiro atoms. The Balaban J connectivity index is 1.16. The van der Waals surface area contributed by atoms with E-state index in [-0.39, 0.29) is 43.0 Å². The lowest BCUT2D eigenvalue weighted by Crippen LogP contribution is -2.57. The summed E-state index contributed by atoms with van der Waals surface area (Å²) in [6.45, 7) is 18.6. The van der Waals surface area contributed by atoms with Gasteiger partial charge in [-0.15, -0.1) is 0 Å². The van der Waals surface area contributed by atoms with Crippen LogP contribution in [0.1, 0.15) is 86.6 Å². The number of carbonyl (C=O) groups is 4. The molecule has 1 aliphatic carbocycles. The van der Waals surface area contributed by atoms with Gasteiger partial charge in [-0.3, -0.25) is 9.59 Å². The summed E-state index contributed by atoms with van der Waals surface area (Å²) in [6.07, 6.45) is 2.82. The van der Waals surface area contributed by atoms with Crippen molar-refractivity contribution in [3.63, 3.8) is 0 Å². The maximum atomic E-state index is 14.2. The molecule has 3 fully saturated rings. The van der Waals surface area contributed by atoms with Crippen molar-refractivity contribution in [2.75, 3.05) is 57.3 Å². The van der Waals surface area contributed by atoms with Crippen LogP contribution in [0.5, 0.6) is 11.5 Å². The SMILES string of the molecule is CC(C)(C)OC(=O)NCCOc1cc(CN(C(=O)[C@@H]2CCCN(c3cccc(OC(C)(C)C(=O)N4CCN(C(=O)OC(C)(C)C)CC4)c3)C2)C2CC2)ccc1Br. The number of carbonyl (C=O) groups excluding carboxylic acids is 4.